The predicted octanol–water partition coefficient (Wildman–Crippen LogP) is 5.20. The van der Waals surface area contributed by atoms with Crippen molar-refractivity contribution < 1.29 is 27.9 Å². The van der Waals surface area contributed by atoms with Crippen LogP contribution in [-0.4, -0.2) is 51.8 Å². The zero-order valence-electron chi connectivity index (χ0n) is 21.2. The number of rotatable bonds is 9. The third kappa shape index (κ3) is 5.92. The van der Waals surface area contributed by atoms with Crippen molar-refractivity contribution >= 4 is 23.6 Å². The Balaban J connectivity index is 2.32. The lowest BCUT2D eigenvalue weighted by atomic mass is 10.0. The first kappa shape index (κ1) is 28.1. The highest BCUT2D eigenvalue weighted by molar-refractivity contribution is 5.95. The maximum absolute atomic E-state index is 13.4. The minimum atomic E-state index is -4.62. The Morgan fingerprint density at radius 2 is 1.87 bits per heavy atom. The van der Waals surface area contributed by atoms with Crippen LogP contribution >= 0.6 is 0 Å². The van der Waals surface area contributed by atoms with E-state index in [9.17, 15) is 27.9 Å². The molecule has 0 aliphatic heterocycles. The van der Waals surface area contributed by atoms with E-state index >= 15 is 0 Å². The summed E-state index contributed by atoms with van der Waals surface area (Å²) >= 11 is 0. The van der Waals surface area contributed by atoms with Crippen LogP contribution in [-0.2, 0) is 11.0 Å². The number of nitriles is 1. The van der Waals surface area contributed by atoms with Gasteiger partial charge >= 0.3 is 12.1 Å². The third-order valence-electron chi connectivity index (χ3n) is 6.17. The van der Waals surface area contributed by atoms with Gasteiger partial charge in [-0.1, -0.05) is 6.07 Å². The van der Waals surface area contributed by atoms with Gasteiger partial charge in [-0.3, -0.25) is 14.6 Å². The fourth-order valence-corrected chi connectivity index (χ4v) is 3.77. The number of allylic oxidation sites excluding steroid dienone is 1. The predicted molar refractivity (Wildman–Crippen MR) is 136 cm³/mol. The largest absolute Gasteiger partial charge is 0.478 e. The molecule has 1 aromatic heterocycles. The van der Waals surface area contributed by atoms with Gasteiger partial charge in [-0.15, -0.1) is 0 Å². The van der Waals surface area contributed by atoms with Crippen LogP contribution in [0.25, 0.3) is 11.3 Å². The summed E-state index contributed by atoms with van der Waals surface area (Å²) < 4.78 is 41.6. The number of amides is 1. The van der Waals surface area contributed by atoms with Gasteiger partial charge in [-0.25, -0.2) is 9.48 Å². The molecule has 198 valence electrons. The maximum Gasteiger partial charge on any atom is 0.416 e. The van der Waals surface area contributed by atoms with Crippen molar-refractivity contribution in [3.8, 4) is 11.8 Å². The Labute approximate surface area is 217 Å². The summed E-state index contributed by atoms with van der Waals surface area (Å²) in [7, 11) is 1.80. The summed E-state index contributed by atoms with van der Waals surface area (Å²) in [5.74, 6) is -1.27. The fourth-order valence-electron chi connectivity index (χ4n) is 3.77. The Morgan fingerprint density at radius 3 is 2.39 bits per heavy atom. The molecule has 1 N–H and O–H groups in total. The zero-order valence-corrected chi connectivity index (χ0v) is 21.2. The van der Waals surface area contributed by atoms with Crippen LogP contribution in [0.2, 0.25) is 0 Å². The average Bonchev–Trinajstić information content (AvgIpc) is 3.32. The minimum Gasteiger partial charge on any atom is -0.478 e. The number of anilines is 1. The van der Waals surface area contributed by atoms with Gasteiger partial charge in [0.05, 0.1) is 34.8 Å². The van der Waals surface area contributed by atoms with Crippen molar-refractivity contribution in [3.63, 3.8) is 0 Å². The van der Waals surface area contributed by atoms with Crippen molar-refractivity contribution in [1.29, 1.82) is 5.26 Å². The number of aromatic nitrogens is 2. The molecule has 38 heavy (non-hydrogen) atoms. The van der Waals surface area contributed by atoms with E-state index in [4.69, 9.17) is 5.26 Å². The molecule has 0 saturated carbocycles. The molecule has 0 aliphatic carbocycles. The molecule has 11 heteroatoms. The van der Waals surface area contributed by atoms with Gasteiger partial charge in [0.15, 0.2) is 0 Å². The van der Waals surface area contributed by atoms with E-state index in [1.807, 2.05) is 24.8 Å². The molecule has 0 saturated heterocycles. The second kappa shape index (κ2) is 11.3. The number of nitrogens with zero attached hydrogens (tertiary/aromatic N) is 5. The standard InChI is InChI=1S/C27H26F3N5O3/c1-17(2)33(4)15-24(18(3)34(16-36)22-7-5-6-20(12-22)27(28,29)30)25-23(26(37)38)14-32-35(25)21-10-8-19(13-31)9-11-21/h5-12,14,16-17H,15H2,1-4H3,(H,37,38)/b24-18+. The van der Waals surface area contributed by atoms with Crippen LogP contribution < -0.4 is 4.90 Å². The van der Waals surface area contributed by atoms with E-state index in [1.165, 1.54) is 23.0 Å². The van der Waals surface area contributed by atoms with Crippen LogP contribution in [0, 0.1) is 11.3 Å². The molecule has 3 rings (SSSR count). The van der Waals surface area contributed by atoms with E-state index in [0.717, 1.165) is 17.0 Å². The third-order valence-corrected chi connectivity index (χ3v) is 6.17. The molecule has 2 aromatic carbocycles. The molecular formula is C27H26F3N5O3. The van der Waals surface area contributed by atoms with Crippen molar-refractivity contribution in [2.24, 2.45) is 0 Å². The molecule has 0 bridgehead atoms. The van der Waals surface area contributed by atoms with Crippen LogP contribution in [0.1, 0.15) is 48.0 Å². The van der Waals surface area contributed by atoms with Crippen molar-refractivity contribution in [1.82, 2.24) is 14.7 Å². The van der Waals surface area contributed by atoms with Gasteiger partial charge in [0.25, 0.3) is 0 Å². The second-order valence-electron chi connectivity index (χ2n) is 8.88. The van der Waals surface area contributed by atoms with E-state index in [-0.39, 0.29) is 35.2 Å². The van der Waals surface area contributed by atoms with E-state index in [2.05, 4.69) is 5.10 Å². The average molecular weight is 526 g/mol. The molecule has 0 spiro atoms. The number of carbonyl (C=O) groups excluding carboxylic acids is 1. The number of halogens is 3. The summed E-state index contributed by atoms with van der Waals surface area (Å²) in [5.41, 5.74) is 0.490. The van der Waals surface area contributed by atoms with Gasteiger partial charge in [0, 0.05) is 29.5 Å². The monoisotopic (exact) mass is 525 g/mol. The maximum atomic E-state index is 13.4. The Hall–Kier alpha value is -4.43. The SMILES string of the molecule is C/C(=C(/CN(C)C(C)C)c1c(C(=O)O)cnn1-c1ccc(C#N)cc1)N(C=O)c1cccc(C(F)(F)F)c1. The summed E-state index contributed by atoms with van der Waals surface area (Å²) in [6, 6.07) is 12.7. The van der Waals surface area contributed by atoms with E-state index in [0.29, 0.717) is 23.2 Å². The highest BCUT2D eigenvalue weighted by atomic mass is 19.4. The van der Waals surface area contributed by atoms with Crippen molar-refractivity contribution in [3.05, 3.63) is 82.8 Å². The quantitative estimate of drug-likeness (QED) is 0.386. The molecule has 0 radical (unpaired) electrons. The first-order valence-corrected chi connectivity index (χ1v) is 11.5. The molecule has 1 heterocycles. The fraction of sp³-hybridized carbons (Fsp3) is 0.259. The molecular weight excluding hydrogens is 499 g/mol. The van der Waals surface area contributed by atoms with Crippen LogP contribution in [0.4, 0.5) is 18.9 Å². The zero-order chi connectivity index (χ0) is 28.2. The van der Waals surface area contributed by atoms with Gasteiger partial charge in [-0.2, -0.15) is 23.5 Å². The Kier molecular flexibility index (Phi) is 8.38. The van der Waals surface area contributed by atoms with Gasteiger partial charge < -0.3 is 5.11 Å². The summed E-state index contributed by atoms with van der Waals surface area (Å²) in [5, 5.41) is 23.4. The summed E-state index contributed by atoms with van der Waals surface area (Å²) in [4.78, 5) is 27.5. The van der Waals surface area contributed by atoms with Crippen LogP contribution in [0.5, 0.6) is 0 Å². The van der Waals surface area contributed by atoms with Crippen molar-refractivity contribution in [2.75, 3.05) is 18.5 Å². The number of hydrogen-bond acceptors (Lipinski definition) is 5. The number of carbonyl (C=O) groups is 2. The number of hydrogen-bond donors (Lipinski definition) is 1. The lowest BCUT2D eigenvalue weighted by molar-refractivity contribution is -0.137. The number of likely N-dealkylation sites (N-methyl/N-ethyl adjacent to an activating group) is 1. The van der Waals surface area contributed by atoms with Gasteiger partial charge in [0.2, 0.25) is 6.41 Å². The normalized spacial score (nSPS) is 12.3. The molecule has 0 fully saturated rings. The summed E-state index contributed by atoms with van der Waals surface area (Å²) in [6.07, 6.45) is -3.05. The number of benzene rings is 2. The molecule has 0 aliphatic rings. The number of carboxylic acid groups (broad SMARTS) is 1. The van der Waals surface area contributed by atoms with Gasteiger partial charge in [0.1, 0.15) is 5.56 Å². The Morgan fingerprint density at radius 1 is 1.21 bits per heavy atom. The van der Waals surface area contributed by atoms with Crippen LogP contribution in [0.15, 0.2) is 60.4 Å². The van der Waals surface area contributed by atoms with Crippen molar-refractivity contribution in [2.45, 2.75) is 33.0 Å². The first-order chi connectivity index (χ1) is 17.9. The van der Waals surface area contributed by atoms with E-state index < -0.39 is 17.7 Å². The highest BCUT2D eigenvalue weighted by Gasteiger charge is 2.31. The number of alkyl halides is 3. The first-order valence-electron chi connectivity index (χ1n) is 11.5. The Bertz CT molecular complexity index is 1400. The van der Waals surface area contributed by atoms with E-state index in [1.54, 1.807) is 38.2 Å². The molecule has 3 aromatic rings. The molecule has 0 atom stereocenters. The topological polar surface area (TPSA) is 102 Å². The highest BCUT2D eigenvalue weighted by Crippen LogP contribution is 2.34. The number of aromatic carboxylic acids is 1. The molecule has 8 nitrogen and oxygen atoms in total. The minimum absolute atomic E-state index is 0.00981. The molecule has 1 amide bonds. The molecule has 0 unspecified atom stereocenters. The summed E-state index contributed by atoms with van der Waals surface area (Å²) in [6.45, 7) is 5.54. The van der Waals surface area contributed by atoms with Crippen LogP contribution in [0.3, 0.4) is 0 Å². The number of carboxylic acids is 1. The van der Waals surface area contributed by atoms with Gasteiger partial charge in [-0.05, 0) is 70.3 Å². The smallest absolute Gasteiger partial charge is 0.416 e. The lowest BCUT2D eigenvalue weighted by Crippen LogP contribution is -2.31. The lowest BCUT2D eigenvalue weighted by Gasteiger charge is -2.28. The second-order valence-corrected chi connectivity index (χ2v) is 8.88.